The number of hydrogen-bond acceptors (Lipinski definition) is 4. The number of carboxylic acid groups (broad SMARTS) is 1. The number of rotatable bonds is 12. The summed E-state index contributed by atoms with van der Waals surface area (Å²) < 4.78 is 0. The molecule has 1 aliphatic rings. The summed E-state index contributed by atoms with van der Waals surface area (Å²) in [5, 5.41) is 40.5. The van der Waals surface area contributed by atoms with Crippen LogP contribution in [-0.4, -0.2) is 43.7 Å². The van der Waals surface area contributed by atoms with Crippen LogP contribution in [0.15, 0.2) is 24.3 Å². The summed E-state index contributed by atoms with van der Waals surface area (Å²) in [5.74, 6) is 0.646. The minimum Gasteiger partial charge on any atom is -0.479 e. The van der Waals surface area contributed by atoms with Gasteiger partial charge in [-0.15, -0.1) is 6.42 Å². The molecule has 0 aromatic carbocycles. The molecule has 1 saturated carbocycles. The quantitative estimate of drug-likeness (QED) is 0.237. The Morgan fingerprint density at radius 3 is 2.44 bits per heavy atom. The number of terminal acetylenes is 1. The number of aliphatic hydroxyl groups is 3. The highest BCUT2D eigenvalue weighted by molar-refractivity contribution is 5.78. The van der Waals surface area contributed by atoms with Gasteiger partial charge in [0.1, 0.15) is 5.60 Å². The van der Waals surface area contributed by atoms with Gasteiger partial charge < -0.3 is 20.4 Å². The third kappa shape index (κ3) is 6.80. The average molecular weight is 379 g/mol. The Morgan fingerprint density at radius 2 is 1.89 bits per heavy atom. The molecule has 152 valence electrons. The fraction of sp³-hybridized carbons (Fsp3) is 0.682. The second kappa shape index (κ2) is 11.3. The Hall–Kier alpha value is -1.61. The molecule has 0 bridgehead atoms. The lowest BCUT2D eigenvalue weighted by atomic mass is 9.80. The van der Waals surface area contributed by atoms with Crippen molar-refractivity contribution in [2.75, 3.05) is 0 Å². The minimum atomic E-state index is -2.10. The number of allylic oxidation sites excluding steroid dienone is 2. The van der Waals surface area contributed by atoms with Crippen LogP contribution in [0.1, 0.15) is 71.1 Å². The van der Waals surface area contributed by atoms with E-state index in [9.17, 15) is 25.2 Å². The van der Waals surface area contributed by atoms with Crippen LogP contribution >= 0.6 is 0 Å². The molecular formula is C22H34O5. The normalized spacial score (nSPS) is 21.1. The first kappa shape index (κ1) is 23.4. The van der Waals surface area contributed by atoms with Crippen LogP contribution in [0.4, 0.5) is 0 Å². The summed E-state index contributed by atoms with van der Waals surface area (Å²) in [5.41, 5.74) is -3.34. The van der Waals surface area contributed by atoms with E-state index in [4.69, 9.17) is 6.42 Å². The van der Waals surface area contributed by atoms with Crippen LogP contribution in [0.2, 0.25) is 0 Å². The minimum absolute atomic E-state index is 0.0586. The first-order chi connectivity index (χ1) is 12.8. The highest BCUT2D eigenvalue weighted by Crippen LogP contribution is 2.37. The van der Waals surface area contributed by atoms with Gasteiger partial charge in [0.15, 0.2) is 5.60 Å². The molecule has 0 radical (unpaired) electrons. The van der Waals surface area contributed by atoms with E-state index in [1.54, 1.807) is 24.3 Å². The van der Waals surface area contributed by atoms with Gasteiger partial charge in [0, 0.05) is 5.92 Å². The second-order valence-corrected chi connectivity index (χ2v) is 7.50. The molecule has 0 saturated heterocycles. The predicted molar refractivity (Wildman–Crippen MR) is 106 cm³/mol. The van der Waals surface area contributed by atoms with Crippen molar-refractivity contribution in [3.8, 4) is 12.3 Å². The number of aliphatic hydroxyl groups excluding tert-OH is 1. The Bertz CT molecular complexity index is 556. The summed E-state index contributed by atoms with van der Waals surface area (Å²) in [7, 11) is 0. The van der Waals surface area contributed by atoms with Gasteiger partial charge in [0.2, 0.25) is 0 Å². The molecule has 1 fully saturated rings. The van der Waals surface area contributed by atoms with Crippen LogP contribution in [0.5, 0.6) is 0 Å². The molecule has 0 amide bonds. The van der Waals surface area contributed by atoms with Gasteiger partial charge in [-0.05, 0) is 44.6 Å². The zero-order valence-electron chi connectivity index (χ0n) is 16.3. The molecule has 0 heterocycles. The number of hydrogen-bond donors (Lipinski definition) is 4. The SMILES string of the molecule is C#C[C@@](O)(/C=C\C/C=C/C[C@@H](O)[C@](O)(C(=O)O)C1CCCC1)CCCCC. The molecule has 1 aliphatic carbocycles. The van der Waals surface area contributed by atoms with E-state index in [-0.39, 0.29) is 6.42 Å². The van der Waals surface area contributed by atoms with Crippen molar-refractivity contribution >= 4 is 5.97 Å². The van der Waals surface area contributed by atoms with Crippen molar-refractivity contribution in [2.45, 2.75) is 88.4 Å². The zero-order chi connectivity index (χ0) is 20.3. The Balaban J connectivity index is 2.53. The number of carbonyl (C=O) groups is 1. The van der Waals surface area contributed by atoms with E-state index in [0.29, 0.717) is 25.7 Å². The lowest BCUT2D eigenvalue weighted by Crippen LogP contribution is -2.54. The van der Waals surface area contributed by atoms with Crippen molar-refractivity contribution in [1.29, 1.82) is 0 Å². The molecule has 0 aliphatic heterocycles. The standard InChI is InChI=1S/C22H34O5/c1-3-5-11-16-21(26,4-2)17-12-7-6-8-15-19(23)22(27,20(24)25)18-13-9-10-14-18/h2,6,8,12,17-19,23,26-27H,3,5,7,9-11,13-16H2,1H3,(H,24,25)/b8-6+,17-12-/t19-,21+,22+/m1/s1. The highest BCUT2D eigenvalue weighted by atomic mass is 16.4. The van der Waals surface area contributed by atoms with Crippen molar-refractivity contribution in [1.82, 2.24) is 0 Å². The fourth-order valence-corrected chi connectivity index (χ4v) is 3.65. The third-order valence-electron chi connectivity index (χ3n) is 5.43. The number of aliphatic carboxylic acids is 1. The van der Waals surface area contributed by atoms with Gasteiger partial charge in [0.25, 0.3) is 0 Å². The van der Waals surface area contributed by atoms with Gasteiger partial charge in [-0.1, -0.05) is 56.8 Å². The maximum atomic E-state index is 11.5. The Kier molecular flexibility index (Phi) is 9.79. The van der Waals surface area contributed by atoms with E-state index in [1.807, 2.05) is 0 Å². The molecule has 4 N–H and O–H groups in total. The van der Waals surface area contributed by atoms with Gasteiger partial charge >= 0.3 is 5.97 Å². The molecule has 3 atom stereocenters. The maximum absolute atomic E-state index is 11.5. The van der Waals surface area contributed by atoms with E-state index >= 15 is 0 Å². The molecule has 5 nitrogen and oxygen atoms in total. The van der Waals surface area contributed by atoms with E-state index in [1.165, 1.54) is 0 Å². The second-order valence-electron chi connectivity index (χ2n) is 7.50. The van der Waals surface area contributed by atoms with Gasteiger partial charge in [-0.3, -0.25) is 0 Å². The molecule has 0 spiro atoms. The van der Waals surface area contributed by atoms with Crippen molar-refractivity contribution in [2.24, 2.45) is 5.92 Å². The zero-order valence-corrected chi connectivity index (χ0v) is 16.3. The van der Waals surface area contributed by atoms with Crippen molar-refractivity contribution < 1.29 is 25.2 Å². The van der Waals surface area contributed by atoms with Crippen LogP contribution in [-0.2, 0) is 4.79 Å². The monoisotopic (exact) mass is 378 g/mol. The number of unbranched alkanes of at least 4 members (excludes halogenated alkanes) is 2. The summed E-state index contributed by atoms with van der Waals surface area (Å²) in [4.78, 5) is 11.5. The molecule has 5 heteroatoms. The van der Waals surface area contributed by atoms with Gasteiger partial charge in [-0.2, -0.15) is 0 Å². The molecular weight excluding hydrogens is 344 g/mol. The predicted octanol–water partition coefficient (Wildman–Crippen LogP) is 3.19. The first-order valence-electron chi connectivity index (χ1n) is 9.96. The maximum Gasteiger partial charge on any atom is 0.338 e. The lowest BCUT2D eigenvalue weighted by Gasteiger charge is -2.33. The summed E-state index contributed by atoms with van der Waals surface area (Å²) >= 11 is 0. The summed E-state index contributed by atoms with van der Waals surface area (Å²) in [6.45, 7) is 2.09. The Labute approximate surface area is 162 Å². The number of carboxylic acids is 1. The molecule has 1 rings (SSSR count). The molecule has 27 heavy (non-hydrogen) atoms. The summed E-state index contributed by atoms with van der Waals surface area (Å²) in [6, 6.07) is 0. The largest absolute Gasteiger partial charge is 0.479 e. The van der Waals surface area contributed by atoms with Crippen molar-refractivity contribution in [3.05, 3.63) is 24.3 Å². The molecule has 0 aromatic heterocycles. The van der Waals surface area contributed by atoms with Crippen LogP contribution in [0.3, 0.4) is 0 Å². The lowest BCUT2D eigenvalue weighted by molar-refractivity contribution is -0.181. The third-order valence-corrected chi connectivity index (χ3v) is 5.43. The smallest absolute Gasteiger partial charge is 0.338 e. The van der Waals surface area contributed by atoms with E-state index < -0.39 is 29.2 Å². The van der Waals surface area contributed by atoms with E-state index in [0.717, 1.165) is 32.1 Å². The molecule has 0 unspecified atom stereocenters. The van der Waals surface area contributed by atoms with Crippen LogP contribution in [0.25, 0.3) is 0 Å². The van der Waals surface area contributed by atoms with Crippen LogP contribution < -0.4 is 0 Å². The highest BCUT2D eigenvalue weighted by Gasteiger charge is 2.50. The van der Waals surface area contributed by atoms with Gasteiger partial charge in [0.05, 0.1) is 6.10 Å². The average Bonchev–Trinajstić information content (AvgIpc) is 3.18. The first-order valence-corrected chi connectivity index (χ1v) is 9.96. The summed E-state index contributed by atoms with van der Waals surface area (Å²) in [6.07, 6.45) is 17.9. The van der Waals surface area contributed by atoms with Crippen molar-refractivity contribution in [3.63, 3.8) is 0 Å². The van der Waals surface area contributed by atoms with Crippen LogP contribution in [0, 0.1) is 18.3 Å². The van der Waals surface area contributed by atoms with Gasteiger partial charge in [-0.25, -0.2) is 4.79 Å². The topological polar surface area (TPSA) is 98.0 Å². The molecule has 0 aromatic rings. The fourth-order valence-electron chi connectivity index (χ4n) is 3.65. The van der Waals surface area contributed by atoms with E-state index in [2.05, 4.69) is 12.8 Å². The Morgan fingerprint density at radius 1 is 1.22 bits per heavy atom.